The van der Waals surface area contributed by atoms with E-state index in [4.69, 9.17) is 10.2 Å². The first kappa shape index (κ1) is 13.2. The first-order valence-corrected chi connectivity index (χ1v) is 4.64. The van der Waals surface area contributed by atoms with E-state index in [1.54, 1.807) is 0 Å². The molecule has 1 aromatic rings. The summed E-state index contributed by atoms with van der Waals surface area (Å²) < 4.78 is 31.0. The number of phenolic OH excluding ortho intramolecular Hbond substituents is 2. The van der Waals surface area contributed by atoms with Crippen molar-refractivity contribution < 1.29 is 33.6 Å². The molecule has 0 spiro atoms. The normalized spacial score (nSPS) is 12.2. The fraction of sp³-hybridized carbons (Fsp3) is 0.300. The fourth-order valence-electron chi connectivity index (χ4n) is 1.21. The fourth-order valence-corrected chi connectivity index (χ4v) is 1.21. The average molecular weight is 248 g/mol. The van der Waals surface area contributed by atoms with Gasteiger partial charge in [0.25, 0.3) is 0 Å². The van der Waals surface area contributed by atoms with Gasteiger partial charge in [-0.2, -0.15) is 0 Å². The molecule has 0 aliphatic rings. The standard InChI is InChI=1S/C10H10F2O5/c1-2-17-10(16)9(15)6-7(11)4(13)3-5(14)8(6)12/h3,9,13-15H,2H2,1H3. The van der Waals surface area contributed by atoms with Gasteiger partial charge in [0.15, 0.2) is 29.2 Å². The van der Waals surface area contributed by atoms with Crippen LogP contribution in [0.4, 0.5) is 8.78 Å². The highest BCUT2D eigenvalue weighted by Gasteiger charge is 2.29. The number of esters is 1. The molecule has 0 amide bonds. The van der Waals surface area contributed by atoms with E-state index in [1.165, 1.54) is 6.92 Å². The second-order valence-electron chi connectivity index (χ2n) is 3.11. The molecule has 0 aliphatic heterocycles. The van der Waals surface area contributed by atoms with E-state index in [0.717, 1.165) is 0 Å². The Bertz CT molecular complexity index is 421. The van der Waals surface area contributed by atoms with Crippen LogP contribution >= 0.6 is 0 Å². The van der Waals surface area contributed by atoms with E-state index < -0.39 is 40.8 Å². The third kappa shape index (κ3) is 2.44. The number of halogens is 2. The Balaban J connectivity index is 3.25. The van der Waals surface area contributed by atoms with Gasteiger partial charge in [0.2, 0.25) is 0 Å². The molecule has 7 heteroatoms. The molecule has 0 saturated heterocycles. The summed E-state index contributed by atoms with van der Waals surface area (Å²) in [6, 6.07) is 0.423. The van der Waals surface area contributed by atoms with Crippen molar-refractivity contribution in [3.8, 4) is 11.5 Å². The highest BCUT2D eigenvalue weighted by atomic mass is 19.1. The van der Waals surface area contributed by atoms with Gasteiger partial charge in [0, 0.05) is 6.07 Å². The van der Waals surface area contributed by atoms with Crippen molar-refractivity contribution in [2.75, 3.05) is 6.61 Å². The Kier molecular flexibility index (Phi) is 3.84. The molecule has 94 valence electrons. The third-order valence-corrected chi connectivity index (χ3v) is 1.98. The maximum absolute atomic E-state index is 13.3. The summed E-state index contributed by atoms with van der Waals surface area (Å²) in [5.41, 5.74) is -1.15. The second-order valence-corrected chi connectivity index (χ2v) is 3.11. The average Bonchev–Trinajstić information content (AvgIpc) is 2.27. The molecule has 1 unspecified atom stereocenters. The quantitative estimate of drug-likeness (QED) is 0.694. The van der Waals surface area contributed by atoms with Gasteiger partial charge in [-0.05, 0) is 6.92 Å². The monoisotopic (exact) mass is 248 g/mol. The Labute approximate surface area is 94.9 Å². The summed E-state index contributed by atoms with van der Waals surface area (Å²) >= 11 is 0. The minimum absolute atomic E-state index is 0.0933. The summed E-state index contributed by atoms with van der Waals surface area (Å²) in [4.78, 5) is 11.1. The van der Waals surface area contributed by atoms with E-state index in [0.29, 0.717) is 6.07 Å². The lowest BCUT2D eigenvalue weighted by molar-refractivity contribution is -0.153. The molecule has 17 heavy (non-hydrogen) atoms. The summed E-state index contributed by atoms with van der Waals surface area (Å²) in [7, 11) is 0. The van der Waals surface area contributed by atoms with Gasteiger partial charge in [-0.15, -0.1) is 0 Å². The van der Waals surface area contributed by atoms with Crippen LogP contribution in [-0.4, -0.2) is 27.9 Å². The van der Waals surface area contributed by atoms with Crippen LogP contribution in [0.2, 0.25) is 0 Å². The lowest BCUT2D eigenvalue weighted by Crippen LogP contribution is -2.18. The second kappa shape index (κ2) is 4.96. The first-order valence-electron chi connectivity index (χ1n) is 4.64. The van der Waals surface area contributed by atoms with E-state index in [2.05, 4.69) is 4.74 Å². The number of aliphatic hydroxyl groups is 1. The van der Waals surface area contributed by atoms with Crippen molar-refractivity contribution in [2.45, 2.75) is 13.0 Å². The summed E-state index contributed by atoms with van der Waals surface area (Å²) in [5.74, 6) is -6.50. The van der Waals surface area contributed by atoms with Crippen molar-refractivity contribution in [3.05, 3.63) is 23.3 Å². The number of hydrogen-bond donors (Lipinski definition) is 3. The van der Waals surface area contributed by atoms with E-state index in [1.807, 2.05) is 0 Å². The number of carbonyl (C=O) groups is 1. The maximum Gasteiger partial charge on any atom is 0.339 e. The van der Waals surface area contributed by atoms with E-state index in [-0.39, 0.29) is 6.61 Å². The lowest BCUT2D eigenvalue weighted by Gasteiger charge is -2.13. The Morgan fingerprint density at radius 1 is 1.35 bits per heavy atom. The summed E-state index contributed by atoms with van der Waals surface area (Å²) in [6.45, 7) is 1.35. The van der Waals surface area contributed by atoms with Crippen molar-refractivity contribution >= 4 is 5.97 Å². The molecule has 0 aliphatic carbocycles. The van der Waals surface area contributed by atoms with E-state index >= 15 is 0 Å². The minimum atomic E-state index is -2.26. The summed E-state index contributed by atoms with van der Waals surface area (Å²) in [5, 5.41) is 27.4. The van der Waals surface area contributed by atoms with Gasteiger partial charge in [-0.3, -0.25) is 0 Å². The van der Waals surface area contributed by atoms with Crippen LogP contribution in [-0.2, 0) is 9.53 Å². The number of aromatic hydroxyl groups is 2. The Hall–Kier alpha value is -1.89. The number of aliphatic hydroxyl groups excluding tert-OH is 1. The van der Waals surface area contributed by atoms with Crippen molar-refractivity contribution in [1.82, 2.24) is 0 Å². The topological polar surface area (TPSA) is 87.0 Å². The van der Waals surface area contributed by atoms with Gasteiger partial charge in [0.1, 0.15) is 0 Å². The minimum Gasteiger partial charge on any atom is -0.505 e. The van der Waals surface area contributed by atoms with Crippen LogP contribution in [0.1, 0.15) is 18.6 Å². The van der Waals surface area contributed by atoms with Crippen molar-refractivity contribution in [3.63, 3.8) is 0 Å². The van der Waals surface area contributed by atoms with Crippen LogP contribution in [0.15, 0.2) is 6.07 Å². The molecular weight excluding hydrogens is 238 g/mol. The number of benzene rings is 1. The van der Waals surface area contributed by atoms with E-state index in [9.17, 15) is 18.7 Å². The number of carbonyl (C=O) groups excluding carboxylic acids is 1. The predicted octanol–water partition coefficient (Wildman–Crippen LogP) is 0.972. The highest BCUT2D eigenvalue weighted by molar-refractivity contribution is 5.76. The predicted molar refractivity (Wildman–Crippen MR) is 51.3 cm³/mol. The van der Waals surface area contributed by atoms with Crippen LogP contribution in [0, 0.1) is 11.6 Å². The molecule has 1 rings (SSSR count). The molecule has 5 nitrogen and oxygen atoms in total. The number of phenols is 2. The maximum atomic E-state index is 13.3. The summed E-state index contributed by atoms with van der Waals surface area (Å²) in [6.07, 6.45) is -2.26. The molecule has 1 atom stereocenters. The highest BCUT2D eigenvalue weighted by Crippen LogP contribution is 2.33. The largest absolute Gasteiger partial charge is 0.505 e. The zero-order valence-electron chi connectivity index (χ0n) is 8.78. The zero-order valence-corrected chi connectivity index (χ0v) is 8.78. The van der Waals surface area contributed by atoms with Crippen LogP contribution in [0.25, 0.3) is 0 Å². The molecule has 0 heterocycles. The van der Waals surface area contributed by atoms with Crippen molar-refractivity contribution in [2.24, 2.45) is 0 Å². The molecule has 0 aromatic heterocycles. The van der Waals surface area contributed by atoms with Crippen LogP contribution in [0.3, 0.4) is 0 Å². The number of ether oxygens (including phenoxy) is 1. The van der Waals surface area contributed by atoms with Crippen LogP contribution < -0.4 is 0 Å². The smallest absolute Gasteiger partial charge is 0.339 e. The molecule has 0 radical (unpaired) electrons. The zero-order chi connectivity index (χ0) is 13.2. The van der Waals surface area contributed by atoms with Gasteiger partial charge >= 0.3 is 5.97 Å². The Morgan fingerprint density at radius 3 is 2.24 bits per heavy atom. The number of hydrogen-bond acceptors (Lipinski definition) is 5. The lowest BCUT2D eigenvalue weighted by atomic mass is 10.1. The molecule has 0 saturated carbocycles. The third-order valence-electron chi connectivity index (χ3n) is 1.98. The SMILES string of the molecule is CCOC(=O)C(O)c1c(F)c(O)cc(O)c1F. The van der Waals surface area contributed by atoms with Gasteiger partial charge < -0.3 is 20.1 Å². The van der Waals surface area contributed by atoms with Crippen LogP contribution in [0.5, 0.6) is 11.5 Å². The number of rotatable bonds is 3. The molecule has 3 N–H and O–H groups in total. The molecular formula is C10H10F2O5. The molecule has 1 aromatic carbocycles. The van der Waals surface area contributed by atoms with Crippen molar-refractivity contribution in [1.29, 1.82) is 0 Å². The van der Waals surface area contributed by atoms with Gasteiger partial charge in [-0.1, -0.05) is 0 Å². The molecule has 0 fully saturated rings. The van der Waals surface area contributed by atoms with Gasteiger partial charge in [0.05, 0.1) is 12.2 Å². The first-order chi connectivity index (χ1) is 7.90. The Morgan fingerprint density at radius 2 is 1.82 bits per heavy atom. The van der Waals surface area contributed by atoms with Gasteiger partial charge in [-0.25, -0.2) is 13.6 Å². The molecule has 0 bridgehead atoms.